The van der Waals surface area contributed by atoms with Gasteiger partial charge in [-0.25, -0.2) is 0 Å². The Bertz CT molecular complexity index is 3150. The number of benzene rings is 7. The molecule has 0 radical (unpaired) electrons. The number of anilines is 6. The first-order valence-corrected chi connectivity index (χ1v) is 22.3. The highest BCUT2D eigenvalue weighted by Crippen LogP contribution is 2.53. The molecule has 3 nitrogen and oxygen atoms in total. The Hall–Kier alpha value is -6.30. The maximum atomic E-state index is 7.28. The fourth-order valence-corrected chi connectivity index (χ4v) is 12.5. The van der Waals surface area contributed by atoms with Crippen molar-refractivity contribution < 1.29 is 4.42 Å². The van der Waals surface area contributed by atoms with Crippen LogP contribution >= 0.6 is 11.3 Å². The molecular weight excluding hydrogens is 735 g/mol. The van der Waals surface area contributed by atoms with E-state index in [0.29, 0.717) is 0 Å². The predicted octanol–water partition coefficient (Wildman–Crippen LogP) is 12.8. The largest absolute Gasteiger partial charge is 0.468 e. The van der Waals surface area contributed by atoms with Crippen LogP contribution in [-0.2, 0) is 25.7 Å². The number of nitrogens with zero attached hydrogens (tertiary/aromatic N) is 2. The molecule has 2 aromatic heterocycles. The van der Waals surface area contributed by atoms with Crippen molar-refractivity contribution in [3.05, 3.63) is 174 Å². The van der Waals surface area contributed by atoms with Gasteiger partial charge in [0.2, 0.25) is 0 Å². The van der Waals surface area contributed by atoms with Gasteiger partial charge in [-0.05, 0) is 144 Å². The van der Waals surface area contributed by atoms with Crippen LogP contribution in [0.25, 0.3) is 43.3 Å². The molecule has 0 saturated heterocycles. The minimum Gasteiger partial charge on any atom is -0.468 e. The monoisotopic (exact) mass is 776 g/mol. The lowest BCUT2D eigenvalue weighted by Gasteiger charge is -2.42. The van der Waals surface area contributed by atoms with Crippen LogP contribution in [0.15, 0.2) is 156 Å². The lowest BCUT2D eigenvalue weighted by molar-refractivity contribution is 0.651. The highest BCUT2D eigenvalue weighted by molar-refractivity contribution is 7.26. The van der Waals surface area contributed by atoms with Crippen molar-refractivity contribution in [2.45, 2.75) is 51.4 Å². The summed E-state index contributed by atoms with van der Waals surface area (Å²) in [5, 5.41) is 3.74. The number of para-hydroxylation sites is 1. The Morgan fingerprint density at radius 3 is 1.69 bits per heavy atom. The standard InChI is InChI=1S/C54H41BN2OS/c1-3-18-36(19-4-1)48-38-22-9-7-16-34(38)30-32-42(48)56-44-26-15-27-45-51(44)55(53-52(56)40-24-11-13-28-46(40)58-53)50-41-25-12-14-29-47(41)59-54(50)57(45)43-33-31-35-17-8-10-23-39(35)49(43)37-20-5-2-6-21-37/h1-6,11-15,18-21,24-33H,7-10,16-17,22-23H2. The summed E-state index contributed by atoms with van der Waals surface area (Å²) in [5.74, 6) is 0. The average molecular weight is 777 g/mol. The zero-order valence-electron chi connectivity index (χ0n) is 32.9. The molecule has 0 unspecified atom stereocenters. The number of hydrogen-bond donors (Lipinski definition) is 0. The summed E-state index contributed by atoms with van der Waals surface area (Å²) >= 11 is 1.92. The highest BCUT2D eigenvalue weighted by Gasteiger charge is 2.49. The maximum Gasteiger partial charge on any atom is 0.298 e. The van der Waals surface area contributed by atoms with E-state index in [2.05, 4.69) is 161 Å². The van der Waals surface area contributed by atoms with Gasteiger partial charge in [0.1, 0.15) is 5.58 Å². The van der Waals surface area contributed by atoms with E-state index in [1.807, 2.05) is 11.3 Å². The molecule has 5 heteroatoms. The van der Waals surface area contributed by atoms with Crippen LogP contribution < -0.4 is 26.4 Å². The second kappa shape index (κ2) is 13.1. The number of aryl methyl sites for hydroxylation is 2. The second-order valence-corrected chi connectivity index (χ2v) is 17.8. The van der Waals surface area contributed by atoms with Crippen molar-refractivity contribution in [3.63, 3.8) is 0 Å². The van der Waals surface area contributed by atoms with Gasteiger partial charge in [0.15, 0.2) is 0 Å². The fourth-order valence-electron chi connectivity index (χ4n) is 11.2. The van der Waals surface area contributed by atoms with Crippen LogP contribution in [0.2, 0.25) is 0 Å². The minimum atomic E-state index is -0.0853. The maximum absolute atomic E-state index is 7.28. The molecule has 0 amide bonds. The zero-order valence-corrected chi connectivity index (χ0v) is 33.7. The molecule has 0 fully saturated rings. The molecule has 2 aliphatic heterocycles. The van der Waals surface area contributed by atoms with E-state index in [4.69, 9.17) is 4.42 Å². The van der Waals surface area contributed by atoms with Crippen molar-refractivity contribution in [1.29, 1.82) is 0 Å². The molecule has 59 heavy (non-hydrogen) atoms. The fraction of sp³-hybridized carbons (Fsp3) is 0.148. The molecule has 4 heterocycles. The van der Waals surface area contributed by atoms with Crippen molar-refractivity contribution in [1.82, 2.24) is 0 Å². The van der Waals surface area contributed by atoms with Gasteiger partial charge in [0.25, 0.3) is 6.71 Å². The van der Waals surface area contributed by atoms with E-state index in [1.165, 1.54) is 119 Å². The minimum absolute atomic E-state index is 0.0853. The third kappa shape index (κ3) is 4.89. The van der Waals surface area contributed by atoms with Crippen molar-refractivity contribution in [2.75, 3.05) is 9.80 Å². The van der Waals surface area contributed by atoms with E-state index in [9.17, 15) is 0 Å². The summed E-state index contributed by atoms with van der Waals surface area (Å²) in [4.78, 5) is 5.24. The molecule has 4 aliphatic rings. The van der Waals surface area contributed by atoms with Crippen LogP contribution in [0.3, 0.4) is 0 Å². The lowest BCUT2D eigenvalue weighted by atomic mass is 9.35. The Kier molecular flexibility index (Phi) is 7.48. The smallest absolute Gasteiger partial charge is 0.298 e. The van der Waals surface area contributed by atoms with Crippen molar-refractivity contribution in [3.8, 4) is 22.3 Å². The summed E-state index contributed by atoms with van der Waals surface area (Å²) in [6.45, 7) is -0.0853. The molecule has 0 saturated carbocycles. The van der Waals surface area contributed by atoms with Gasteiger partial charge in [-0.3, -0.25) is 0 Å². The number of furan rings is 1. The predicted molar refractivity (Wildman–Crippen MR) is 250 cm³/mol. The number of hydrogen-bond acceptors (Lipinski definition) is 4. The van der Waals surface area contributed by atoms with Gasteiger partial charge >= 0.3 is 0 Å². The summed E-state index contributed by atoms with van der Waals surface area (Å²) in [7, 11) is 0. The number of fused-ring (bicyclic) bond motifs is 10. The van der Waals surface area contributed by atoms with Gasteiger partial charge in [-0.1, -0.05) is 109 Å². The van der Waals surface area contributed by atoms with Gasteiger partial charge in [0.05, 0.1) is 27.7 Å². The SMILES string of the molecule is c1ccc(-c2c(N3c4cccc5c4B(c4oc6ccccc6c4N5c4ccc5c(c4-c4ccccc4)CCCC5)c4c3sc3ccccc43)ccc3c2CCCC3)cc1. The first-order chi connectivity index (χ1) is 29.3. The average Bonchev–Trinajstić information content (AvgIpc) is 3.88. The molecular formula is C54H41BN2OS. The van der Waals surface area contributed by atoms with Crippen LogP contribution in [-0.4, -0.2) is 6.71 Å². The van der Waals surface area contributed by atoms with E-state index >= 15 is 0 Å². The lowest BCUT2D eigenvalue weighted by Crippen LogP contribution is -2.60. The van der Waals surface area contributed by atoms with E-state index in [-0.39, 0.29) is 6.71 Å². The summed E-state index contributed by atoms with van der Waals surface area (Å²) in [6.07, 6.45) is 9.40. The molecule has 7 aromatic carbocycles. The first kappa shape index (κ1) is 33.7. The van der Waals surface area contributed by atoms with Crippen LogP contribution in [0.1, 0.15) is 47.9 Å². The third-order valence-corrected chi connectivity index (χ3v) is 14.8. The Labute approximate surface area is 349 Å². The third-order valence-electron chi connectivity index (χ3n) is 13.6. The Morgan fingerprint density at radius 1 is 0.458 bits per heavy atom. The van der Waals surface area contributed by atoms with E-state index < -0.39 is 0 Å². The first-order valence-electron chi connectivity index (χ1n) is 21.5. The summed E-state index contributed by atoms with van der Waals surface area (Å²) < 4.78 is 8.58. The quantitative estimate of drug-likeness (QED) is 0.166. The van der Waals surface area contributed by atoms with E-state index in [0.717, 1.165) is 48.0 Å². The molecule has 0 bridgehead atoms. The molecule has 0 atom stereocenters. The molecule has 0 N–H and O–H groups in total. The highest BCUT2D eigenvalue weighted by atomic mass is 32.1. The molecule has 13 rings (SSSR count). The summed E-state index contributed by atoms with van der Waals surface area (Å²) in [6, 6.07) is 56.9. The van der Waals surface area contributed by atoms with Gasteiger partial charge in [-0.15, -0.1) is 11.3 Å². The summed E-state index contributed by atoms with van der Waals surface area (Å²) in [5.41, 5.74) is 22.0. The normalized spacial score (nSPS) is 15.2. The van der Waals surface area contributed by atoms with Crippen LogP contribution in [0.5, 0.6) is 0 Å². The Balaban J connectivity index is 1.16. The van der Waals surface area contributed by atoms with E-state index in [1.54, 1.807) is 0 Å². The van der Waals surface area contributed by atoms with Gasteiger partial charge < -0.3 is 14.2 Å². The van der Waals surface area contributed by atoms with Crippen LogP contribution in [0.4, 0.5) is 33.4 Å². The molecule has 0 spiro atoms. The zero-order chi connectivity index (χ0) is 38.6. The number of thiophene rings is 1. The Morgan fingerprint density at radius 2 is 1.02 bits per heavy atom. The van der Waals surface area contributed by atoms with Crippen molar-refractivity contribution in [2.24, 2.45) is 0 Å². The van der Waals surface area contributed by atoms with Crippen LogP contribution in [0, 0.1) is 0 Å². The van der Waals surface area contributed by atoms with Gasteiger partial charge in [-0.2, -0.15) is 0 Å². The topological polar surface area (TPSA) is 19.6 Å². The molecule has 282 valence electrons. The van der Waals surface area contributed by atoms with Gasteiger partial charge in [0, 0.05) is 32.6 Å². The second-order valence-electron chi connectivity index (χ2n) is 16.8. The molecule has 2 aliphatic carbocycles. The van der Waals surface area contributed by atoms with Crippen molar-refractivity contribution >= 4 is 89.1 Å². The molecule has 9 aromatic rings. The number of rotatable bonds is 4.